The van der Waals surface area contributed by atoms with Gasteiger partial charge in [0.05, 0.1) is 12.5 Å². The smallest absolute Gasteiger partial charge is 0.305 e. The molecule has 2 N–H and O–H groups in total. The van der Waals surface area contributed by atoms with E-state index in [9.17, 15) is 9.90 Å². The van der Waals surface area contributed by atoms with Crippen molar-refractivity contribution in [1.82, 2.24) is 0 Å². The molecule has 0 saturated carbocycles. The second-order valence-electron chi connectivity index (χ2n) is 3.49. The maximum Gasteiger partial charge on any atom is 0.305 e. The van der Waals surface area contributed by atoms with Gasteiger partial charge in [-0.2, -0.15) is 0 Å². The second-order valence-corrected chi connectivity index (χ2v) is 3.49. The molecule has 1 unspecified atom stereocenters. The molecule has 3 nitrogen and oxygen atoms in total. The van der Waals surface area contributed by atoms with Gasteiger partial charge in [-0.25, -0.2) is 0 Å². The monoisotopic (exact) mass is 212 g/mol. The summed E-state index contributed by atoms with van der Waals surface area (Å²) in [6.45, 7) is 1.96. The highest BCUT2D eigenvalue weighted by Gasteiger charge is 2.07. The number of aliphatic carboxylic acids is 1. The van der Waals surface area contributed by atoms with Gasteiger partial charge in [-0.15, -0.1) is 0 Å². The zero-order chi connectivity index (χ0) is 11.5. The van der Waals surface area contributed by atoms with Gasteiger partial charge in [0.25, 0.3) is 0 Å². The lowest BCUT2D eigenvalue weighted by Gasteiger charge is -2.05. The van der Waals surface area contributed by atoms with Crippen LogP contribution < -0.4 is 0 Å². The van der Waals surface area contributed by atoms with E-state index in [1.54, 1.807) is 0 Å². The highest BCUT2D eigenvalue weighted by Crippen LogP contribution is 2.06. The third kappa shape index (κ3) is 10.8. The average molecular weight is 212 g/mol. The summed E-state index contributed by atoms with van der Waals surface area (Å²) >= 11 is 0. The molecule has 0 radical (unpaired) electrons. The first-order valence-electron chi connectivity index (χ1n) is 5.34. The van der Waals surface area contributed by atoms with E-state index < -0.39 is 12.1 Å². The molecule has 0 aliphatic heterocycles. The molecule has 0 spiro atoms. The molecular weight excluding hydrogens is 192 g/mol. The van der Waals surface area contributed by atoms with Gasteiger partial charge in [-0.1, -0.05) is 30.7 Å². The second kappa shape index (κ2) is 9.46. The Morgan fingerprint density at radius 3 is 2.67 bits per heavy atom. The van der Waals surface area contributed by atoms with Crippen LogP contribution in [0.5, 0.6) is 0 Å². The third-order valence-corrected chi connectivity index (χ3v) is 2.01. The molecule has 0 aliphatic rings. The zero-order valence-corrected chi connectivity index (χ0v) is 9.22. The van der Waals surface area contributed by atoms with Gasteiger partial charge in [0.15, 0.2) is 0 Å². The molecule has 0 aromatic heterocycles. The molecule has 0 amide bonds. The number of carbonyl (C=O) groups is 1. The molecule has 0 fully saturated rings. The van der Waals surface area contributed by atoms with Crippen LogP contribution in [0.15, 0.2) is 24.3 Å². The van der Waals surface area contributed by atoms with E-state index in [4.69, 9.17) is 5.11 Å². The van der Waals surface area contributed by atoms with Crippen LogP contribution in [-0.2, 0) is 4.79 Å². The Hall–Kier alpha value is -1.09. The first kappa shape index (κ1) is 13.9. The molecular formula is C12H20O3. The van der Waals surface area contributed by atoms with Crippen molar-refractivity contribution >= 4 is 5.97 Å². The Labute approximate surface area is 91.1 Å². The molecule has 15 heavy (non-hydrogen) atoms. The van der Waals surface area contributed by atoms with Crippen molar-refractivity contribution in [2.45, 2.75) is 45.1 Å². The molecule has 0 aromatic rings. The molecule has 1 atom stereocenters. The number of carboxylic acid groups (broad SMARTS) is 1. The average Bonchev–Trinajstić information content (AvgIpc) is 2.15. The van der Waals surface area contributed by atoms with Crippen molar-refractivity contribution in [3.8, 4) is 0 Å². The summed E-state index contributed by atoms with van der Waals surface area (Å²) in [5, 5.41) is 17.7. The van der Waals surface area contributed by atoms with E-state index in [1.165, 1.54) is 0 Å². The van der Waals surface area contributed by atoms with Gasteiger partial charge in [0.2, 0.25) is 0 Å². The summed E-state index contributed by atoms with van der Waals surface area (Å²) in [4.78, 5) is 10.2. The molecule has 0 aliphatic carbocycles. The minimum absolute atomic E-state index is 0.144. The largest absolute Gasteiger partial charge is 0.481 e. The predicted octanol–water partition coefficient (Wildman–Crippen LogP) is 2.51. The van der Waals surface area contributed by atoms with Crippen molar-refractivity contribution in [1.29, 1.82) is 0 Å². The van der Waals surface area contributed by atoms with Crippen LogP contribution >= 0.6 is 0 Å². The number of hydrogen-bond acceptors (Lipinski definition) is 2. The molecule has 86 valence electrons. The van der Waals surface area contributed by atoms with Crippen LogP contribution in [0, 0.1) is 0 Å². The minimum Gasteiger partial charge on any atom is -0.481 e. The molecule has 0 heterocycles. The van der Waals surface area contributed by atoms with E-state index in [0.717, 1.165) is 19.3 Å². The third-order valence-electron chi connectivity index (χ3n) is 2.01. The van der Waals surface area contributed by atoms with Crippen molar-refractivity contribution in [3.05, 3.63) is 24.3 Å². The fraction of sp³-hybridized carbons (Fsp3) is 0.583. The minimum atomic E-state index is -0.935. The van der Waals surface area contributed by atoms with Gasteiger partial charge in [-0.05, 0) is 26.2 Å². The molecule has 0 bridgehead atoms. The van der Waals surface area contributed by atoms with Crippen molar-refractivity contribution in [2.24, 2.45) is 0 Å². The lowest BCUT2D eigenvalue weighted by atomic mass is 10.1. The van der Waals surface area contributed by atoms with Crippen molar-refractivity contribution in [3.63, 3.8) is 0 Å². The summed E-state index contributed by atoms with van der Waals surface area (Å²) in [6, 6.07) is 0. The Balaban J connectivity index is 3.34. The fourth-order valence-corrected chi connectivity index (χ4v) is 1.23. The number of aliphatic hydroxyl groups excluding tert-OH is 1. The summed E-state index contributed by atoms with van der Waals surface area (Å²) < 4.78 is 0. The van der Waals surface area contributed by atoms with Crippen LogP contribution in [0.1, 0.15) is 39.0 Å². The lowest BCUT2D eigenvalue weighted by molar-refractivity contribution is -0.139. The first-order chi connectivity index (χ1) is 7.16. The van der Waals surface area contributed by atoms with Gasteiger partial charge in [-0.3, -0.25) is 4.79 Å². The maximum absolute atomic E-state index is 10.2. The molecule has 0 aromatic carbocycles. The fourth-order valence-electron chi connectivity index (χ4n) is 1.23. The standard InChI is InChI=1S/C12H20O3/c1-2-3-4-5-6-7-8-9-11(13)10-12(14)15/h2-5,11,13H,6-10H2,1H3,(H,14,15). The van der Waals surface area contributed by atoms with E-state index >= 15 is 0 Å². The van der Waals surface area contributed by atoms with Crippen molar-refractivity contribution < 1.29 is 15.0 Å². The number of allylic oxidation sites excluding steroid dienone is 4. The van der Waals surface area contributed by atoms with Gasteiger partial charge in [0, 0.05) is 0 Å². The van der Waals surface area contributed by atoms with Crippen LogP contribution in [0.4, 0.5) is 0 Å². The Bertz CT molecular complexity index is 219. The molecule has 3 heteroatoms. The lowest BCUT2D eigenvalue weighted by Crippen LogP contribution is -2.12. The van der Waals surface area contributed by atoms with Crippen LogP contribution in [0.2, 0.25) is 0 Å². The van der Waals surface area contributed by atoms with E-state index in [-0.39, 0.29) is 6.42 Å². The summed E-state index contributed by atoms with van der Waals surface area (Å²) in [5.41, 5.74) is 0. The Morgan fingerprint density at radius 1 is 1.33 bits per heavy atom. The Morgan fingerprint density at radius 2 is 2.07 bits per heavy atom. The Kier molecular flexibility index (Phi) is 8.78. The van der Waals surface area contributed by atoms with Gasteiger partial charge in [0.1, 0.15) is 0 Å². The van der Waals surface area contributed by atoms with E-state index in [2.05, 4.69) is 6.08 Å². The van der Waals surface area contributed by atoms with Crippen LogP contribution in [-0.4, -0.2) is 22.3 Å². The number of hydrogen-bond donors (Lipinski definition) is 2. The highest BCUT2D eigenvalue weighted by atomic mass is 16.4. The number of aliphatic hydroxyl groups is 1. The SMILES string of the molecule is CC=CC=CCCCCC(O)CC(=O)O. The summed E-state index contributed by atoms with van der Waals surface area (Å²) in [6.07, 6.45) is 10.6. The normalized spacial score (nSPS) is 13.7. The van der Waals surface area contributed by atoms with Crippen LogP contribution in [0.25, 0.3) is 0 Å². The quantitative estimate of drug-likeness (QED) is 0.480. The predicted molar refractivity (Wildman–Crippen MR) is 60.7 cm³/mol. The van der Waals surface area contributed by atoms with E-state index in [1.807, 2.05) is 25.2 Å². The van der Waals surface area contributed by atoms with Gasteiger partial charge < -0.3 is 10.2 Å². The summed E-state index contributed by atoms with van der Waals surface area (Å²) in [7, 11) is 0. The summed E-state index contributed by atoms with van der Waals surface area (Å²) in [5.74, 6) is -0.935. The molecule has 0 rings (SSSR count). The topological polar surface area (TPSA) is 57.5 Å². The zero-order valence-electron chi connectivity index (χ0n) is 9.22. The van der Waals surface area contributed by atoms with E-state index in [0.29, 0.717) is 6.42 Å². The van der Waals surface area contributed by atoms with Crippen LogP contribution in [0.3, 0.4) is 0 Å². The van der Waals surface area contributed by atoms with Crippen molar-refractivity contribution in [2.75, 3.05) is 0 Å². The first-order valence-corrected chi connectivity index (χ1v) is 5.34. The number of carboxylic acids is 1. The molecule has 0 saturated heterocycles. The number of rotatable bonds is 8. The van der Waals surface area contributed by atoms with Gasteiger partial charge >= 0.3 is 5.97 Å². The number of unbranched alkanes of at least 4 members (excludes halogenated alkanes) is 2. The maximum atomic E-state index is 10.2. The highest BCUT2D eigenvalue weighted by molar-refractivity contribution is 5.67.